The largest absolute Gasteiger partial charge is 0.454 e. The van der Waals surface area contributed by atoms with Crippen molar-refractivity contribution in [2.45, 2.75) is 6.04 Å². The summed E-state index contributed by atoms with van der Waals surface area (Å²) >= 11 is 0. The van der Waals surface area contributed by atoms with Gasteiger partial charge in [0.15, 0.2) is 11.5 Å². The average molecular weight is 499 g/mol. The van der Waals surface area contributed by atoms with Gasteiger partial charge in [-0.05, 0) is 23.3 Å². The highest BCUT2D eigenvalue weighted by atomic mass is 16.7. The van der Waals surface area contributed by atoms with Crippen LogP contribution in [0.1, 0.15) is 17.2 Å². The van der Waals surface area contributed by atoms with Gasteiger partial charge in [0.1, 0.15) is 6.54 Å². The first-order chi connectivity index (χ1) is 18.2. The summed E-state index contributed by atoms with van der Waals surface area (Å²) in [6, 6.07) is 26.5. The zero-order valence-electron chi connectivity index (χ0n) is 20.7. The van der Waals surface area contributed by atoms with Crippen LogP contribution in [-0.4, -0.2) is 79.2 Å². The molecule has 8 nitrogen and oxygen atoms in total. The van der Waals surface area contributed by atoms with E-state index < -0.39 is 0 Å². The smallest absolute Gasteiger partial charge is 0.325 e. The maximum Gasteiger partial charge on any atom is 0.325 e. The Balaban J connectivity index is 1.08. The summed E-state index contributed by atoms with van der Waals surface area (Å²) in [6.07, 6.45) is 0. The van der Waals surface area contributed by atoms with E-state index in [0.29, 0.717) is 37.7 Å². The zero-order valence-corrected chi connectivity index (χ0v) is 20.7. The SMILES string of the molecule is O=C(CN1CCN(c2ccc3c(c2)OCO3)C1=O)N1CCN(C(c2ccccc2)c2ccccc2)CC1. The van der Waals surface area contributed by atoms with Crippen LogP contribution in [0.3, 0.4) is 0 Å². The second kappa shape index (κ2) is 10.1. The fourth-order valence-corrected chi connectivity index (χ4v) is 5.40. The number of benzene rings is 3. The van der Waals surface area contributed by atoms with Gasteiger partial charge in [-0.3, -0.25) is 14.6 Å². The van der Waals surface area contributed by atoms with E-state index in [1.165, 1.54) is 11.1 Å². The van der Waals surface area contributed by atoms with E-state index in [-0.39, 0.29) is 31.3 Å². The van der Waals surface area contributed by atoms with E-state index in [1.807, 2.05) is 35.2 Å². The number of anilines is 1. The van der Waals surface area contributed by atoms with Gasteiger partial charge in [0, 0.05) is 51.0 Å². The number of ether oxygens (including phenoxy) is 2. The number of amides is 3. The zero-order chi connectivity index (χ0) is 25.2. The third kappa shape index (κ3) is 4.72. The predicted molar refractivity (Wildman–Crippen MR) is 140 cm³/mol. The van der Waals surface area contributed by atoms with Crippen molar-refractivity contribution in [3.63, 3.8) is 0 Å². The Labute approximate surface area is 216 Å². The Kier molecular flexibility index (Phi) is 6.40. The molecule has 3 aromatic rings. The van der Waals surface area contributed by atoms with Gasteiger partial charge in [-0.1, -0.05) is 60.7 Å². The van der Waals surface area contributed by atoms with Crippen LogP contribution in [0.15, 0.2) is 78.9 Å². The summed E-state index contributed by atoms with van der Waals surface area (Å²) in [5.74, 6) is 1.32. The van der Waals surface area contributed by atoms with Crippen molar-refractivity contribution in [2.75, 3.05) is 57.5 Å². The lowest BCUT2D eigenvalue weighted by atomic mass is 9.96. The molecule has 0 spiro atoms. The Morgan fingerprint density at radius 1 is 0.757 bits per heavy atom. The van der Waals surface area contributed by atoms with Gasteiger partial charge < -0.3 is 19.3 Å². The molecule has 2 fully saturated rings. The molecule has 0 radical (unpaired) electrons. The van der Waals surface area contributed by atoms with E-state index in [2.05, 4.69) is 53.4 Å². The normalized spacial score (nSPS) is 17.6. The number of rotatable bonds is 6. The van der Waals surface area contributed by atoms with E-state index >= 15 is 0 Å². The lowest BCUT2D eigenvalue weighted by Gasteiger charge is -2.40. The van der Waals surface area contributed by atoms with Crippen LogP contribution in [0.25, 0.3) is 0 Å². The molecule has 190 valence electrons. The summed E-state index contributed by atoms with van der Waals surface area (Å²) in [6.45, 7) is 4.18. The van der Waals surface area contributed by atoms with Crippen LogP contribution in [0.5, 0.6) is 11.5 Å². The van der Waals surface area contributed by atoms with Crippen molar-refractivity contribution in [1.82, 2.24) is 14.7 Å². The molecular weight excluding hydrogens is 468 g/mol. The van der Waals surface area contributed by atoms with E-state index in [4.69, 9.17) is 9.47 Å². The molecule has 0 bridgehead atoms. The van der Waals surface area contributed by atoms with Crippen LogP contribution < -0.4 is 14.4 Å². The van der Waals surface area contributed by atoms with Gasteiger partial charge in [-0.25, -0.2) is 4.79 Å². The second-order valence-electron chi connectivity index (χ2n) is 9.53. The van der Waals surface area contributed by atoms with Crippen LogP contribution >= 0.6 is 0 Å². The predicted octanol–water partition coefficient (Wildman–Crippen LogP) is 3.59. The molecule has 2 saturated heterocycles. The highest BCUT2D eigenvalue weighted by molar-refractivity contribution is 5.96. The highest BCUT2D eigenvalue weighted by Gasteiger charge is 2.34. The molecule has 3 aliphatic heterocycles. The average Bonchev–Trinajstić information content (AvgIpc) is 3.56. The first-order valence-electron chi connectivity index (χ1n) is 12.8. The van der Waals surface area contributed by atoms with Gasteiger partial charge in [0.05, 0.1) is 6.04 Å². The third-order valence-electron chi connectivity index (χ3n) is 7.35. The van der Waals surface area contributed by atoms with E-state index in [9.17, 15) is 9.59 Å². The Hall–Kier alpha value is -4.04. The molecule has 0 aromatic heterocycles. The Morgan fingerprint density at radius 2 is 1.41 bits per heavy atom. The highest BCUT2D eigenvalue weighted by Crippen LogP contribution is 2.36. The second-order valence-corrected chi connectivity index (χ2v) is 9.53. The Bertz CT molecular complexity index is 1220. The molecule has 37 heavy (non-hydrogen) atoms. The van der Waals surface area contributed by atoms with Crippen molar-refractivity contribution in [3.05, 3.63) is 90.0 Å². The summed E-state index contributed by atoms with van der Waals surface area (Å²) in [4.78, 5) is 33.9. The topological polar surface area (TPSA) is 65.6 Å². The van der Waals surface area contributed by atoms with Gasteiger partial charge in [0.25, 0.3) is 0 Å². The summed E-state index contributed by atoms with van der Waals surface area (Å²) in [5.41, 5.74) is 3.25. The standard InChI is InChI=1S/C29H30N4O4/c34-27(20-32-17-18-33(29(32)35)24-11-12-25-26(19-24)37-21-36-25)30-13-15-31(16-14-30)28(22-7-3-1-4-8-22)23-9-5-2-6-10-23/h1-12,19,28H,13-18,20-21H2. The maximum absolute atomic E-state index is 13.2. The Morgan fingerprint density at radius 3 is 2.08 bits per heavy atom. The lowest BCUT2D eigenvalue weighted by Crippen LogP contribution is -2.52. The van der Waals surface area contributed by atoms with Crippen molar-refractivity contribution >= 4 is 17.6 Å². The minimum atomic E-state index is -0.154. The first-order valence-corrected chi connectivity index (χ1v) is 12.8. The van der Waals surface area contributed by atoms with E-state index in [1.54, 1.807) is 9.80 Å². The number of fused-ring (bicyclic) bond motifs is 1. The van der Waals surface area contributed by atoms with Crippen LogP contribution in [0.4, 0.5) is 10.5 Å². The molecule has 3 aliphatic rings. The van der Waals surface area contributed by atoms with E-state index in [0.717, 1.165) is 18.8 Å². The molecule has 0 aliphatic carbocycles. The number of hydrogen-bond donors (Lipinski definition) is 0. The number of urea groups is 1. The number of piperazine rings is 1. The van der Waals surface area contributed by atoms with Crippen LogP contribution in [-0.2, 0) is 4.79 Å². The van der Waals surface area contributed by atoms with Crippen molar-refractivity contribution in [1.29, 1.82) is 0 Å². The van der Waals surface area contributed by atoms with Crippen LogP contribution in [0.2, 0.25) is 0 Å². The summed E-state index contributed by atoms with van der Waals surface area (Å²) < 4.78 is 10.8. The van der Waals surface area contributed by atoms with Gasteiger partial charge in [-0.2, -0.15) is 0 Å². The quantitative estimate of drug-likeness (QED) is 0.520. The van der Waals surface area contributed by atoms with Crippen molar-refractivity contribution < 1.29 is 19.1 Å². The molecule has 6 rings (SSSR count). The molecule has 0 unspecified atom stereocenters. The lowest BCUT2D eigenvalue weighted by molar-refractivity contribution is -0.133. The molecule has 3 amide bonds. The molecular formula is C29H30N4O4. The van der Waals surface area contributed by atoms with Crippen LogP contribution in [0, 0.1) is 0 Å². The number of nitrogens with zero attached hydrogens (tertiary/aromatic N) is 4. The fraction of sp³-hybridized carbons (Fsp3) is 0.310. The molecule has 8 heteroatoms. The molecule has 3 heterocycles. The molecule has 0 atom stereocenters. The summed E-state index contributed by atoms with van der Waals surface area (Å²) in [7, 11) is 0. The van der Waals surface area contributed by atoms with Gasteiger partial charge in [0.2, 0.25) is 12.7 Å². The molecule has 0 N–H and O–H groups in total. The molecule has 0 saturated carbocycles. The third-order valence-corrected chi connectivity index (χ3v) is 7.35. The number of carbonyl (C=O) groups excluding carboxylic acids is 2. The molecule has 3 aromatic carbocycles. The van der Waals surface area contributed by atoms with Crippen molar-refractivity contribution in [2.24, 2.45) is 0 Å². The minimum absolute atomic E-state index is 0.00323. The van der Waals surface area contributed by atoms with Gasteiger partial charge >= 0.3 is 6.03 Å². The summed E-state index contributed by atoms with van der Waals surface area (Å²) in [5, 5.41) is 0. The van der Waals surface area contributed by atoms with Gasteiger partial charge in [-0.15, -0.1) is 0 Å². The van der Waals surface area contributed by atoms with Crippen molar-refractivity contribution in [3.8, 4) is 11.5 Å². The maximum atomic E-state index is 13.2. The number of hydrogen-bond acceptors (Lipinski definition) is 5. The fourth-order valence-electron chi connectivity index (χ4n) is 5.40. The number of carbonyl (C=O) groups is 2. The monoisotopic (exact) mass is 498 g/mol. The minimum Gasteiger partial charge on any atom is -0.454 e. The first kappa shape index (κ1) is 23.4.